The minimum Gasteiger partial charge on any atom is -0.394 e. The van der Waals surface area contributed by atoms with Crippen LogP contribution < -0.4 is 5.32 Å². The summed E-state index contributed by atoms with van der Waals surface area (Å²) in [6.07, 6.45) is 49.7. The topological polar surface area (TPSA) is 228 Å². The Balaban J connectivity index is 1.66. The van der Waals surface area contributed by atoms with Gasteiger partial charge in [-0.15, -0.1) is 0 Å². The van der Waals surface area contributed by atoms with Gasteiger partial charge in [-0.1, -0.05) is 295 Å². The number of hydrogen-bond donors (Lipinski definition) is 9. The first-order valence-corrected chi connectivity index (χ1v) is 34.6. The second kappa shape index (κ2) is 53.7. The summed E-state index contributed by atoms with van der Waals surface area (Å²) in [5, 5.41) is 87.3. The third kappa shape index (κ3) is 37.9. The molecule has 12 unspecified atom stereocenters. The van der Waals surface area contributed by atoms with Crippen molar-refractivity contribution in [3.05, 3.63) is 24.3 Å². The van der Waals surface area contributed by atoms with E-state index in [2.05, 4.69) is 31.3 Å². The Morgan fingerprint density at radius 3 is 1.20 bits per heavy atom. The average Bonchev–Trinajstić information content (AvgIpc) is 3.53. The normalized spacial score (nSPS) is 24.0. The molecule has 0 bridgehead atoms. The molecule has 1 amide bonds. The zero-order chi connectivity index (χ0) is 59.5. The lowest BCUT2D eigenvalue weighted by atomic mass is 9.97. The fourth-order valence-electron chi connectivity index (χ4n) is 11.6. The number of allylic oxidation sites excluding steroid dienone is 3. The Labute approximate surface area is 500 Å². The molecule has 0 aromatic heterocycles. The molecule has 0 saturated carbocycles. The van der Waals surface area contributed by atoms with Crippen LogP contribution in [0.2, 0.25) is 0 Å². The molecule has 2 aliphatic rings. The molecule has 12 atom stereocenters. The summed E-state index contributed by atoms with van der Waals surface area (Å²) >= 11 is 0. The van der Waals surface area contributed by atoms with Crippen LogP contribution in [0.1, 0.15) is 309 Å². The van der Waals surface area contributed by atoms with Crippen molar-refractivity contribution in [2.75, 3.05) is 19.8 Å². The summed E-state index contributed by atoms with van der Waals surface area (Å²) in [7, 11) is 0. The molecule has 0 aromatic carbocycles. The van der Waals surface area contributed by atoms with Crippen molar-refractivity contribution in [3.8, 4) is 0 Å². The number of ether oxygens (including phenoxy) is 4. The summed E-state index contributed by atoms with van der Waals surface area (Å²) in [5.74, 6) is -0.244. The third-order valence-corrected chi connectivity index (χ3v) is 17.1. The van der Waals surface area contributed by atoms with Crippen LogP contribution in [0.3, 0.4) is 0 Å². The van der Waals surface area contributed by atoms with Gasteiger partial charge in [0.05, 0.1) is 32.0 Å². The molecule has 0 aromatic rings. The maximum absolute atomic E-state index is 13.3. The zero-order valence-corrected chi connectivity index (χ0v) is 52.5. The number of hydrogen-bond acceptors (Lipinski definition) is 13. The number of amides is 1. The van der Waals surface area contributed by atoms with Gasteiger partial charge in [0.15, 0.2) is 12.6 Å². The lowest BCUT2D eigenvalue weighted by Gasteiger charge is -2.46. The lowest BCUT2D eigenvalue weighted by Crippen LogP contribution is -2.65. The number of aliphatic hydroxyl groups excluding tert-OH is 8. The molecule has 0 radical (unpaired) electrons. The van der Waals surface area contributed by atoms with Crippen LogP contribution in [0.4, 0.5) is 0 Å². The van der Waals surface area contributed by atoms with Gasteiger partial charge in [-0.3, -0.25) is 4.79 Å². The van der Waals surface area contributed by atoms with Gasteiger partial charge in [0.1, 0.15) is 48.8 Å². The van der Waals surface area contributed by atoms with E-state index in [1.54, 1.807) is 6.08 Å². The number of nitrogens with one attached hydrogen (secondary N) is 1. The smallest absolute Gasteiger partial charge is 0.220 e. The highest BCUT2D eigenvalue weighted by atomic mass is 16.7. The summed E-state index contributed by atoms with van der Waals surface area (Å²) in [5.41, 5.74) is 0. The molecule has 2 fully saturated rings. The largest absolute Gasteiger partial charge is 0.394 e. The van der Waals surface area contributed by atoms with Crippen molar-refractivity contribution in [3.63, 3.8) is 0 Å². The molecule has 14 nitrogen and oxygen atoms in total. The van der Waals surface area contributed by atoms with E-state index in [4.69, 9.17) is 18.9 Å². The first-order valence-electron chi connectivity index (χ1n) is 34.6. The molecular weight excluding hydrogens is 1040 g/mol. The molecule has 2 rings (SSSR count). The number of unbranched alkanes of at least 4 members (excludes halogenated alkanes) is 42. The van der Waals surface area contributed by atoms with Crippen molar-refractivity contribution in [2.24, 2.45) is 0 Å². The Hall–Kier alpha value is -1.53. The predicted octanol–water partition coefficient (Wildman–Crippen LogP) is 13.6. The van der Waals surface area contributed by atoms with E-state index in [0.717, 1.165) is 32.1 Å². The van der Waals surface area contributed by atoms with Gasteiger partial charge in [-0.25, -0.2) is 0 Å². The van der Waals surface area contributed by atoms with Crippen LogP contribution in [0.25, 0.3) is 0 Å². The standard InChI is InChI=1S/C68H129NO13/c1-3-5-7-9-11-13-15-17-19-21-22-23-24-25-26-27-28-29-30-31-32-33-34-35-36-37-39-41-43-45-47-49-51-57(72)56(69-60(73)52-50-48-46-44-42-40-38-20-18-16-14-12-10-8-6-4-2)55-79-67-65(78)63(76)66(59(54-71)81-67)82-68-64(77)62(75)61(74)58(53-70)80-68/h41,43,49,51,56-59,61-68,70-72,74-78H,3-40,42,44-48,50,52-55H2,1-2H3,(H,69,73)/b43-41+,51-49+. The van der Waals surface area contributed by atoms with Gasteiger partial charge in [-0.2, -0.15) is 0 Å². The van der Waals surface area contributed by atoms with E-state index in [9.17, 15) is 45.6 Å². The molecule has 2 heterocycles. The fourth-order valence-corrected chi connectivity index (χ4v) is 11.6. The molecule has 484 valence electrons. The van der Waals surface area contributed by atoms with Crippen molar-refractivity contribution in [2.45, 2.75) is 383 Å². The van der Waals surface area contributed by atoms with Gasteiger partial charge < -0.3 is 65.1 Å². The molecule has 0 aliphatic carbocycles. The Kier molecular flexibility index (Phi) is 50.1. The van der Waals surface area contributed by atoms with Crippen molar-refractivity contribution in [1.82, 2.24) is 5.32 Å². The molecule has 82 heavy (non-hydrogen) atoms. The van der Waals surface area contributed by atoms with Gasteiger partial charge >= 0.3 is 0 Å². The highest BCUT2D eigenvalue weighted by Crippen LogP contribution is 2.30. The Morgan fingerprint density at radius 2 is 0.780 bits per heavy atom. The van der Waals surface area contributed by atoms with Gasteiger partial charge in [0.25, 0.3) is 0 Å². The second-order valence-corrected chi connectivity index (χ2v) is 24.7. The predicted molar refractivity (Wildman–Crippen MR) is 332 cm³/mol. The summed E-state index contributed by atoms with van der Waals surface area (Å²) in [6.45, 7) is 2.82. The third-order valence-electron chi connectivity index (χ3n) is 17.1. The minimum atomic E-state index is -1.79. The molecule has 2 aliphatic heterocycles. The maximum Gasteiger partial charge on any atom is 0.220 e. The average molecular weight is 1170 g/mol. The number of carbonyl (C=O) groups excluding carboxylic acids is 1. The summed E-state index contributed by atoms with van der Waals surface area (Å²) in [4.78, 5) is 13.3. The SMILES string of the molecule is CCCCCCCCCCCCCCCCCCCCCCCCCCCC/C=C/CC/C=C/C(O)C(COC1OC(CO)C(OC2OC(CO)C(O)C(O)C2O)C(O)C1O)NC(=O)CCCCCCCCCCCCCCCCCC. The van der Waals surface area contributed by atoms with Gasteiger partial charge in [0, 0.05) is 6.42 Å². The lowest BCUT2D eigenvalue weighted by molar-refractivity contribution is -0.359. The van der Waals surface area contributed by atoms with E-state index >= 15 is 0 Å². The maximum atomic E-state index is 13.3. The quantitative estimate of drug-likeness (QED) is 0.0204. The molecular formula is C68H129NO13. The molecule has 14 heteroatoms. The van der Waals surface area contributed by atoms with E-state index in [1.807, 2.05) is 6.08 Å². The molecule has 0 spiro atoms. The molecule has 2 saturated heterocycles. The van der Waals surface area contributed by atoms with Crippen LogP contribution in [-0.2, 0) is 23.7 Å². The van der Waals surface area contributed by atoms with Crippen LogP contribution in [0, 0.1) is 0 Å². The monoisotopic (exact) mass is 1170 g/mol. The minimum absolute atomic E-state index is 0.244. The van der Waals surface area contributed by atoms with Gasteiger partial charge in [0.2, 0.25) is 5.91 Å². The first kappa shape index (κ1) is 76.6. The van der Waals surface area contributed by atoms with Crippen LogP contribution in [0.15, 0.2) is 24.3 Å². The Morgan fingerprint density at radius 1 is 0.427 bits per heavy atom. The van der Waals surface area contributed by atoms with Gasteiger partial charge in [-0.05, 0) is 32.1 Å². The Bertz CT molecular complexity index is 1470. The second-order valence-electron chi connectivity index (χ2n) is 24.7. The van der Waals surface area contributed by atoms with E-state index in [0.29, 0.717) is 12.8 Å². The van der Waals surface area contributed by atoms with Crippen LogP contribution in [-0.4, -0.2) is 140 Å². The highest BCUT2D eigenvalue weighted by Gasteiger charge is 2.51. The van der Waals surface area contributed by atoms with Crippen LogP contribution in [0.5, 0.6) is 0 Å². The number of carbonyl (C=O) groups is 1. The summed E-state index contributed by atoms with van der Waals surface area (Å²) in [6, 6.07) is -0.928. The van der Waals surface area contributed by atoms with Crippen molar-refractivity contribution < 1.29 is 64.6 Å². The zero-order valence-electron chi connectivity index (χ0n) is 52.5. The first-order chi connectivity index (χ1) is 40.1. The summed E-state index contributed by atoms with van der Waals surface area (Å²) < 4.78 is 22.8. The number of aliphatic hydroxyl groups is 8. The van der Waals surface area contributed by atoms with E-state index < -0.39 is 86.8 Å². The number of rotatable bonds is 57. The fraction of sp³-hybridized carbons (Fsp3) is 0.926. The van der Waals surface area contributed by atoms with Crippen molar-refractivity contribution in [1.29, 1.82) is 0 Å². The molecule has 9 N–H and O–H groups in total. The van der Waals surface area contributed by atoms with E-state index in [-0.39, 0.29) is 18.9 Å². The highest BCUT2D eigenvalue weighted by molar-refractivity contribution is 5.76. The van der Waals surface area contributed by atoms with Crippen molar-refractivity contribution >= 4 is 5.91 Å². The van der Waals surface area contributed by atoms with Crippen LogP contribution >= 0.6 is 0 Å². The van der Waals surface area contributed by atoms with E-state index in [1.165, 1.54) is 244 Å².